The third-order valence-electron chi connectivity index (χ3n) is 0.731. The van der Waals surface area contributed by atoms with Gasteiger partial charge in [-0.15, -0.1) is 11.6 Å². The minimum atomic E-state index is -1.10. The third-order valence-corrected chi connectivity index (χ3v) is 1.14. The maximum absolute atomic E-state index is 9.94. The SMILES string of the molecule is O=C(O)C(Cl)CCOO. The maximum Gasteiger partial charge on any atom is 0.321 e. The fourth-order valence-electron chi connectivity index (χ4n) is 0.280. The van der Waals surface area contributed by atoms with E-state index in [-0.39, 0.29) is 13.0 Å². The molecule has 0 aromatic rings. The van der Waals surface area contributed by atoms with Crippen LogP contribution in [-0.2, 0) is 9.68 Å². The van der Waals surface area contributed by atoms with Crippen LogP contribution in [0.3, 0.4) is 0 Å². The number of hydrogen-bond acceptors (Lipinski definition) is 3. The van der Waals surface area contributed by atoms with Crippen LogP contribution in [0.1, 0.15) is 6.42 Å². The van der Waals surface area contributed by atoms with Gasteiger partial charge in [0.25, 0.3) is 0 Å². The van der Waals surface area contributed by atoms with Crippen molar-refractivity contribution in [2.45, 2.75) is 11.8 Å². The highest BCUT2D eigenvalue weighted by atomic mass is 35.5. The first-order chi connectivity index (χ1) is 4.18. The van der Waals surface area contributed by atoms with Crippen molar-refractivity contribution < 1.29 is 20.0 Å². The molecule has 0 saturated heterocycles. The van der Waals surface area contributed by atoms with Crippen LogP contribution in [0, 0.1) is 0 Å². The van der Waals surface area contributed by atoms with E-state index in [1.165, 1.54) is 0 Å². The second-order valence-corrected chi connectivity index (χ2v) is 1.95. The van der Waals surface area contributed by atoms with Gasteiger partial charge in [0, 0.05) is 6.42 Å². The van der Waals surface area contributed by atoms with Crippen molar-refractivity contribution in [3.05, 3.63) is 0 Å². The maximum atomic E-state index is 9.94. The van der Waals surface area contributed by atoms with Crippen LogP contribution in [0.4, 0.5) is 0 Å². The lowest BCUT2D eigenvalue weighted by molar-refractivity contribution is -0.242. The van der Waals surface area contributed by atoms with E-state index in [1.807, 2.05) is 0 Å². The third kappa shape index (κ3) is 4.20. The van der Waals surface area contributed by atoms with E-state index in [4.69, 9.17) is 22.0 Å². The first-order valence-corrected chi connectivity index (χ1v) is 2.75. The predicted molar refractivity (Wildman–Crippen MR) is 30.5 cm³/mol. The van der Waals surface area contributed by atoms with Gasteiger partial charge in [0.05, 0.1) is 6.61 Å². The van der Waals surface area contributed by atoms with E-state index in [2.05, 4.69) is 4.89 Å². The number of alkyl halides is 1. The van der Waals surface area contributed by atoms with Crippen LogP contribution in [0.25, 0.3) is 0 Å². The summed E-state index contributed by atoms with van der Waals surface area (Å²) in [6, 6.07) is 0. The Morgan fingerprint density at radius 3 is 2.67 bits per heavy atom. The van der Waals surface area contributed by atoms with Gasteiger partial charge in [0.15, 0.2) is 0 Å². The Labute approximate surface area is 56.9 Å². The number of rotatable bonds is 4. The number of carbonyl (C=O) groups is 1. The topological polar surface area (TPSA) is 66.8 Å². The average molecular weight is 155 g/mol. The normalized spacial score (nSPS) is 13.1. The van der Waals surface area contributed by atoms with Gasteiger partial charge >= 0.3 is 5.97 Å². The summed E-state index contributed by atoms with van der Waals surface area (Å²) in [5.74, 6) is -1.10. The first-order valence-electron chi connectivity index (χ1n) is 2.31. The Kier molecular flexibility index (Phi) is 4.39. The summed E-state index contributed by atoms with van der Waals surface area (Å²) in [6.07, 6.45) is 0.105. The fourth-order valence-corrected chi connectivity index (χ4v) is 0.369. The molecule has 0 amide bonds. The van der Waals surface area contributed by atoms with Gasteiger partial charge in [-0.1, -0.05) is 0 Å². The molecule has 4 nitrogen and oxygen atoms in total. The molecule has 0 fully saturated rings. The van der Waals surface area contributed by atoms with E-state index in [1.54, 1.807) is 0 Å². The Balaban J connectivity index is 3.27. The molecule has 0 aliphatic rings. The second kappa shape index (κ2) is 4.55. The van der Waals surface area contributed by atoms with Gasteiger partial charge in [-0.05, 0) is 0 Å². The number of aliphatic carboxylic acids is 1. The molecule has 0 radical (unpaired) electrons. The quantitative estimate of drug-likeness (QED) is 0.353. The molecule has 0 saturated carbocycles. The molecule has 0 aliphatic carbocycles. The molecule has 5 heteroatoms. The van der Waals surface area contributed by atoms with E-state index in [0.29, 0.717) is 0 Å². The summed E-state index contributed by atoms with van der Waals surface area (Å²) in [5, 5.41) is 14.9. The molecule has 1 atom stereocenters. The van der Waals surface area contributed by atoms with Gasteiger partial charge in [0.1, 0.15) is 5.38 Å². The molecule has 0 heterocycles. The minimum absolute atomic E-state index is 0.0551. The number of hydrogen-bond donors (Lipinski definition) is 2. The van der Waals surface area contributed by atoms with Crippen molar-refractivity contribution in [3.63, 3.8) is 0 Å². The van der Waals surface area contributed by atoms with Crippen LogP contribution in [0.2, 0.25) is 0 Å². The zero-order chi connectivity index (χ0) is 7.28. The molecule has 0 aliphatic heterocycles. The van der Waals surface area contributed by atoms with Gasteiger partial charge in [-0.25, -0.2) is 4.89 Å². The Morgan fingerprint density at radius 2 is 2.33 bits per heavy atom. The van der Waals surface area contributed by atoms with Crippen LogP contribution in [0.5, 0.6) is 0 Å². The summed E-state index contributed by atoms with van der Waals surface area (Å²) in [5.41, 5.74) is 0. The molecule has 54 valence electrons. The lowest BCUT2D eigenvalue weighted by Gasteiger charge is -1.99. The van der Waals surface area contributed by atoms with E-state index >= 15 is 0 Å². The Morgan fingerprint density at radius 1 is 1.78 bits per heavy atom. The average Bonchev–Trinajstić information content (AvgIpc) is 1.82. The molecule has 0 aromatic heterocycles. The summed E-state index contributed by atoms with van der Waals surface area (Å²) in [7, 11) is 0. The lowest BCUT2D eigenvalue weighted by Crippen LogP contribution is -2.14. The van der Waals surface area contributed by atoms with E-state index in [9.17, 15) is 4.79 Å². The predicted octanol–water partition coefficient (Wildman–Crippen LogP) is 0.558. The van der Waals surface area contributed by atoms with Crippen molar-refractivity contribution in [1.82, 2.24) is 0 Å². The van der Waals surface area contributed by atoms with Crippen molar-refractivity contribution in [3.8, 4) is 0 Å². The molecule has 0 spiro atoms. The molecule has 9 heavy (non-hydrogen) atoms. The molecular weight excluding hydrogens is 147 g/mol. The van der Waals surface area contributed by atoms with Crippen molar-refractivity contribution in [2.24, 2.45) is 0 Å². The van der Waals surface area contributed by atoms with Crippen molar-refractivity contribution in [1.29, 1.82) is 0 Å². The zero-order valence-corrected chi connectivity index (χ0v) is 5.34. The first kappa shape index (κ1) is 8.68. The summed E-state index contributed by atoms with van der Waals surface area (Å²) in [6.45, 7) is -0.0551. The summed E-state index contributed by atoms with van der Waals surface area (Å²) < 4.78 is 0. The van der Waals surface area contributed by atoms with Gasteiger partial charge in [-0.3, -0.25) is 10.1 Å². The molecule has 1 unspecified atom stereocenters. The van der Waals surface area contributed by atoms with Crippen LogP contribution in [-0.4, -0.2) is 28.3 Å². The standard InChI is InChI=1S/C4H7ClO4/c5-3(4(6)7)1-2-9-8/h3,8H,1-2H2,(H,6,7). The van der Waals surface area contributed by atoms with Crippen molar-refractivity contribution >= 4 is 17.6 Å². The van der Waals surface area contributed by atoms with Gasteiger partial charge in [0.2, 0.25) is 0 Å². The Hall–Kier alpha value is -0.320. The molecule has 0 rings (SSSR count). The molecule has 0 bridgehead atoms. The summed E-state index contributed by atoms with van der Waals surface area (Å²) >= 11 is 5.20. The van der Waals surface area contributed by atoms with Gasteiger partial charge in [-0.2, -0.15) is 0 Å². The number of carboxylic acid groups (broad SMARTS) is 1. The lowest BCUT2D eigenvalue weighted by atomic mass is 10.3. The molecule has 2 N–H and O–H groups in total. The van der Waals surface area contributed by atoms with E-state index in [0.717, 1.165) is 0 Å². The smallest absolute Gasteiger partial charge is 0.321 e. The second-order valence-electron chi connectivity index (χ2n) is 1.43. The fraction of sp³-hybridized carbons (Fsp3) is 0.750. The van der Waals surface area contributed by atoms with Crippen molar-refractivity contribution in [2.75, 3.05) is 6.61 Å². The monoisotopic (exact) mass is 154 g/mol. The number of halogens is 1. The van der Waals surface area contributed by atoms with Gasteiger partial charge < -0.3 is 5.11 Å². The zero-order valence-electron chi connectivity index (χ0n) is 4.58. The van der Waals surface area contributed by atoms with E-state index < -0.39 is 11.3 Å². The van der Waals surface area contributed by atoms with Crippen LogP contribution < -0.4 is 0 Å². The highest BCUT2D eigenvalue weighted by Gasteiger charge is 2.12. The van der Waals surface area contributed by atoms with Crippen LogP contribution >= 0.6 is 11.6 Å². The molecule has 0 aromatic carbocycles. The number of carboxylic acids is 1. The Bertz CT molecular complexity index is 94.6. The highest BCUT2D eigenvalue weighted by Crippen LogP contribution is 2.00. The minimum Gasteiger partial charge on any atom is -0.480 e. The summed E-state index contributed by atoms with van der Waals surface area (Å²) in [4.78, 5) is 13.6. The van der Waals surface area contributed by atoms with Crippen LogP contribution in [0.15, 0.2) is 0 Å². The highest BCUT2D eigenvalue weighted by molar-refractivity contribution is 6.29. The largest absolute Gasteiger partial charge is 0.480 e. The molecular formula is C4H7ClO4.